The molecule has 0 aliphatic carbocycles. The van der Waals surface area contributed by atoms with Gasteiger partial charge in [0.15, 0.2) is 6.23 Å². The largest absolute Gasteiger partial charge is 0.756 e. The number of rotatable bonds is 15. The van der Waals surface area contributed by atoms with Gasteiger partial charge >= 0.3 is 11.6 Å². The molecule has 2 rings (SSSR count). The molecule has 0 saturated carbocycles. The number of H-pyrrole nitrogens is 1. The summed E-state index contributed by atoms with van der Waals surface area (Å²) in [6.07, 6.45) is 1.62. The van der Waals surface area contributed by atoms with Crippen LogP contribution in [-0.2, 0) is 27.8 Å². The Hall–Kier alpha value is -2.06. The van der Waals surface area contributed by atoms with E-state index in [1.807, 2.05) is 0 Å². The van der Waals surface area contributed by atoms with Crippen LogP contribution in [0.15, 0.2) is 15.8 Å². The van der Waals surface area contributed by atoms with Crippen molar-refractivity contribution in [1.82, 2.24) is 9.55 Å². The molecule has 14 nitrogen and oxygen atoms in total. The lowest BCUT2D eigenvalue weighted by atomic mass is 10.1. The van der Waals surface area contributed by atoms with Gasteiger partial charge in [-0.3, -0.25) is 35.4 Å². The summed E-state index contributed by atoms with van der Waals surface area (Å²) in [5.41, 5.74) is 9.72. The first-order valence-corrected chi connectivity index (χ1v) is 12.8. The van der Waals surface area contributed by atoms with Gasteiger partial charge in [-0.15, -0.1) is 0 Å². The maximum Gasteiger partial charge on any atom is 0.338 e. The molecule has 0 bridgehead atoms. The molecule has 15 heteroatoms. The highest BCUT2D eigenvalue weighted by Crippen LogP contribution is 2.45. The van der Waals surface area contributed by atoms with Gasteiger partial charge in [0.05, 0.1) is 13.2 Å². The molecule has 0 radical (unpaired) electrons. The van der Waals surface area contributed by atoms with Gasteiger partial charge in [0.2, 0.25) is 0 Å². The quantitative estimate of drug-likeness (QED) is 0.0826. The monoisotopic (exact) mass is 521 g/mol. The SMILES string of the molecule is COC[C@H]1O[C@@H](n2cc(C)c(=O)[nH]c2=O)C(OCCCCCCC[NH+]=C(N)N)[C@H]1OP(=O)([O-])OC. The molecular weight excluding hydrogens is 485 g/mol. The molecule has 1 aliphatic heterocycles. The van der Waals surface area contributed by atoms with Crippen molar-refractivity contribution in [3.8, 4) is 0 Å². The molecular formula is C20H36N5O9P. The summed E-state index contributed by atoms with van der Waals surface area (Å²) in [6, 6.07) is 0. The van der Waals surface area contributed by atoms with Crippen molar-refractivity contribution in [2.24, 2.45) is 11.5 Å². The molecule has 1 fully saturated rings. The Balaban J connectivity index is 2.13. The molecule has 2 unspecified atom stereocenters. The van der Waals surface area contributed by atoms with E-state index in [0.717, 1.165) is 37.4 Å². The summed E-state index contributed by atoms with van der Waals surface area (Å²) < 4.78 is 40.1. The zero-order chi connectivity index (χ0) is 26.0. The predicted octanol–water partition coefficient (Wildman–Crippen LogP) is -2.42. The molecule has 0 aromatic carbocycles. The van der Waals surface area contributed by atoms with Crippen molar-refractivity contribution in [1.29, 1.82) is 0 Å². The van der Waals surface area contributed by atoms with Gasteiger partial charge in [-0.1, -0.05) is 19.3 Å². The fraction of sp³-hybridized carbons (Fsp3) is 0.750. The van der Waals surface area contributed by atoms with E-state index in [1.165, 1.54) is 20.2 Å². The summed E-state index contributed by atoms with van der Waals surface area (Å²) in [5, 5.41) is 0. The maximum atomic E-state index is 12.5. The van der Waals surface area contributed by atoms with Gasteiger partial charge in [-0.2, -0.15) is 0 Å². The maximum absolute atomic E-state index is 12.5. The predicted molar refractivity (Wildman–Crippen MR) is 123 cm³/mol. The van der Waals surface area contributed by atoms with Crippen molar-refractivity contribution in [3.05, 3.63) is 32.6 Å². The van der Waals surface area contributed by atoms with Gasteiger partial charge in [-0.05, 0) is 19.8 Å². The standard InChI is InChI=1S/C20H36N5O9P/c1-13-11-25(20(27)24-17(13)26)18-16(32-10-8-6-4-5-7-9-23-19(21)22)15(14(33-18)12-30-2)34-35(28,29)31-3/h11,14-16,18H,4-10,12H2,1-3H3,(H,28,29)(H4,21,22,23)(H,24,26,27)/t14-,15+,16?,18-/m1/s1. The fourth-order valence-corrected chi connectivity index (χ4v) is 4.35. The molecule has 5 atom stereocenters. The van der Waals surface area contributed by atoms with E-state index in [-0.39, 0.29) is 24.7 Å². The average molecular weight is 522 g/mol. The van der Waals surface area contributed by atoms with Crippen LogP contribution in [0.4, 0.5) is 0 Å². The second kappa shape index (κ2) is 13.9. The highest BCUT2D eigenvalue weighted by Gasteiger charge is 2.49. The molecule has 1 aliphatic rings. The number of nitrogens with one attached hydrogen (secondary N) is 2. The smallest absolute Gasteiger partial charge is 0.338 e. The summed E-state index contributed by atoms with van der Waals surface area (Å²) in [6.45, 7) is 2.47. The third-order valence-electron chi connectivity index (χ3n) is 5.47. The fourth-order valence-electron chi connectivity index (χ4n) is 3.71. The van der Waals surface area contributed by atoms with Crippen LogP contribution in [0.1, 0.15) is 43.9 Å². The van der Waals surface area contributed by atoms with Gasteiger partial charge in [0.25, 0.3) is 13.4 Å². The van der Waals surface area contributed by atoms with Crippen LogP contribution in [-0.4, -0.2) is 67.8 Å². The second-order valence-corrected chi connectivity index (χ2v) is 9.65. The number of guanidine groups is 1. The minimum atomic E-state index is -4.67. The third kappa shape index (κ3) is 8.83. The van der Waals surface area contributed by atoms with Crippen LogP contribution in [0.2, 0.25) is 0 Å². The molecule has 1 aromatic rings. The number of nitrogens with two attached hydrogens (primary N) is 2. The van der Waals surface area contributed by atoms with Crippen LogP contribution in [0, 0.1) is 6.92 Å². The van der Waals surface area contributed by atoms with Crippen LogP contribution >= 0.6 is 7.82 Å². The van der Waals surface area contributed by atoms with Crippen LogP contribution in [0.25, 0.3) is 0 Å². The van der Waals surface area contributed by atoms with E-state index in [1.54, 1.807) is 0 Å². The van der Waals surface area contributed by atoms with E-state index in [2.05, 4.69) is 14.5 Å². The molecule has 35 heavy (non-hydrogen) atoms. The summed E-state index contributed by atoms with van der Waals surface area (Å²) in [5.74, 6) is 0.197. The Labute approximate surface area is 203 Å². The van der Waals surface area contributed by atoms with Gasteiger partial charge < -0.3 is 28.2 Å². The first-order chi connectivity index (χ1) is 16.6. The number of aromatic amines is 1. The zero-order valence-corrected chi connectivity index (χ0v) is 21.2. The first-order valence-electron chi connectivity index (χ1n) is 11.3. The Kier molecular flexibility index (Phi) is 11.6. The number of phosphoric acid groups is 1. The molecule has 200 valence electrons. The number of phosphoric ester groups is 1. The van der Waals surface area contributed by atoms with Crippen molar-refractivity contribution in [3.63, 3.8) is 0 Å². The van der Waals surface area contributed by atoms with E-state index < -0.39 is 43.6 Å². The summed E-state index contributed by atoms with van der Waals surface area (Å²) in [4.78, 5) is 41.5. The molecule has 6 N–H and O–H groups in total. The van der Waals surface area contributed by atoms with Crippen LogP contribution < -0.4 is 32.6 Å². The summed E-state index contributed by atoms with van der Waals surface area (Å²) in [7, 11) is -2.27. The van der Waals surface area contributed by atoms with Gasteiger partial charge in [0, 0.05) is 32.6 Å². The highest BCUT2D eigenvalue weighted by molar-refractivity contribution is 7.45. The molecule has 0 amide bonds. The van der Waals surface area contributed by atoms with E-state index >= 15 is 0 Å². The minimum Gasteiger partial charge on any atom is -0.756 e. The topological polar surface area (TPSA) is 207 Å². The molecule has 2 heterocycles. The molecule has 1 aromatic heterocycles. The minimum absolute atomic E-state index is 0.0272. The normalized spacial score (nSPS) is 23.8. The van der Waals surface area contributed by atoms with E-state index in [4.69, 9.17) is 30.2 Å². The Bertz CT molecular complexity index is 994. The number of ether oxygens (including phenoxy) is 3. The Morgan fingerprint density at radius 1 is 1.20 bits per heavy atom. The number of nitrogens with zero attached hydrogens (tertiary/aromatic N) is 1. The number of aryl methyl sites for hydroxylation is 1. The van der Waals surface area contributed by atoms with Crippen molar-refractivity contribution in [2.75, 3.05) is 34.0 Å². The third-order valence-corrected chi connectivity index (χ3v) is 6.42. The lowest BCUT2D eigenvalue weighted by molar-refractivity contribution is -0.459. The lowest BCUT2D eigenvalue weighted by Crippen LogP contribution is -2.78. The summed E-state index contributed by atoms with van der Waals surface area (Å²) >= 11 is 0. The highest BCUT2D eigenvalue weighted by atomic mass is 31.2. The second-order valence-electron chi connectivity index (χ2n) is 8.18. The molecule has 0 spiro atoms. The van der Waals surface area contributed by atoms with Gasteiger partial charge in [-0.25, -0.2) is 4.79 Å². The number of aromatic nitrogens is 2. The average Bonchev–Trinajstić information content (AvgIpc) is 3.11. The Morgan fingerprint density at radius 3 is 2.54 bits per heavy atom. The Morgan fingerprint density at radius 2 is 1.89 bits per heavy atom. The van der Waals surface area contributed by atoms with Crippen molar-refractivity contribution < 1.29 is 37.7 Å². The lowest BCUT2D eigenvalue weighted by Gasteiger charge is -2.30. The van der Waals surface area contributed by atoms with E-state index in [9.17, 15) is 19.0 Å². The van der Waals surface area contributed by atoms with Crippen LogP contribution in [0.5, 0.6) is 0 Å². The number of unbranched alkanes of at least 4 members (excludes halogenated alkanes) is 4. The van der Waals surface area contributed by atoms with Crippen LogP contribution in [0.3, 0.4) is 0 Å². The number of methoxy groups -OCH3 is 1. The number of hydrogen-bond acceptors (Lipinski definition) is 9. The molecule has 1 saturated heterocycles. The van der Waals surface area contributed by atoms with Crippen molar-refractivity contribution >= 4 is 13.8 Å². The zero-order valence-electron chi connectivity index (χ0n) is 20.3. The van der Waals surface area contributed by atoms with Gasteiger partial charge in [0.1, 0.15) is 18.3 Å². The van der Waals surface area contributed by atoms with Crippen molar-refractivity contribution in [2.45, 2.75) is 63.6 Å². The van der Waals surface area contributed by atoms with E-state index in [0.29, 0.717) is 13.0 Å². The first kappa shape index (κ1) is 29.2. The number of hydrogen-bond donors (Lipinski definition) is 4.